The second-order valence-electron chi connectivity index (χ2n) is 5.83. The van der Waals surface area contributed by atoms with Crippen molar-refractivity contribution in [3.05, 3.63) is 0 Å². The summed E-state index contributed by atoms with van der Waals surface area (Å²) in [5.74, 6) is -0.262. The first kappa shape index (κ1) is 16.7. The van der Waals surface area contributed by atoms with E-state index in [1.54, 1.807) is 6.92 Å². The monoisotopic (exact) mass is 320 g/mol. The Morgan fingerprint density at radius 3 is 2.90 bits per heavy atom. The first-order chi connectivity index (χ1) is 9.88. The van der Waals surface area contributed by atoms with E-state index >= 15 is 0 Å². The number of nitrogens with zero attached hydrogens (tertiary/aromatic N) is 1. The molecule has 2 heterocycles. The van der Waals surface area contributed by atoms with Crippen LogP contribution < -0.4 is 5.32 Å². The summed E-state index contributed by atoms with van der Waals surface area (Å²) in [4.78, 5) is 12.2. The van der Waals surface area contributed by atoms with E-state index in [4.69, 9.17) is 4.74 Å². The van der Waals surface area contributed by atoms with Gasteiger partial charge in [0.1, 0.15) is 11.6 Å². The van der Waals surface area contributed by atoms with E-state index < -0.39 is 21.7 Å². The van der Waals surface area contributed by atoms with Crippen LogP contribution in [-0.2, 0) is 19.6 Å². The number of ether oxygens (including phenoxy) is 1. The van der Waals surface area contributed by atoms with E-state index in [0.29, 0.717) is 38.8 Å². The standard InChI is InChI=1S/C13H24N2O5S/c1-2-8-21(18,19)15-6-3-4-11(15)12(16)14-9-13(17)5-7-20-10-13/h11,17H,2-10H2,1H3,(H,14,16). The van der Waals surface area contributed by atoms with Gasteiger partial charge in [-0.25, -0.2) is 8.42 Å². The number of rotatable bonds is 6. The maximum absolute atomic E-state index is 12.2. The number of hydrogen-bond donors (Lipinski definition) is 2. The van der Waals surface area contributed by atoms with Crippen molar-refractivity contribution in [2.45, 2.75) is 44.2 Å². The van der Waals surface area contributed by atoms with Crippen molar-refractivity contribution in [1.29, 1.82) is 0 Å². The number of aliphatic hydroxyl groups is 1. The lowest BCUT2D eigenvalue weighted by Crippen LogP contribution is -2.50. The molecule has 0 saturated carbocycles. The van der Waals surface area contributed by atoms with E-state index in [2.05, 4.69) is 5.32 Å². The molecule has 2 N–H and O–H groups in total. The Kier molecular flexibility index (Phi) is 5.24. The van der Waals surface area contributed by atoms with Crippen molar-refractivity contribution in [1.82, 2.24) is 9.62 Å². The second kappa shape index (κ2) is 6.60. The fourth-order valence-electron chi connectivity index (χ4n) is 2.82. The van der Waals surface area contributed by atoms with Crippen LogP contribution >= 0.6 is 0 Å². The van der Waals surface area contributed by atoms with Crippen molar-refractivity contribution in [3.8, 4) is 0 Å². The van der Waals surface area contributed by atoms with Gasteiger partial charge in [0, 0.05) is 26.1 Å². The zero-order valence-corrected chi connectivity index (χ0v) is 13.2. The van der Waals surface area contributed by atoms with Gasteiger partial charge in [0.15, 0.2) is 0 Å². The molecule has 0 aromatic heterocycles. The van der Waals surface area contributed by atoms with Gasteiger partial charge in [0.05, 0.1) is 12.4 Å². The molecule has 2 rings (SSSR count). The highest BCUT2D eigenvalue weighted by atomic mass is 32.2. The normalized spacial score (nSPS) is 30.7. The smallest absolute Gasteiger partial charge is 0.238 e. The Hall–Kier alpha value is -0.700. The molecule has 2 atom stereocenters. The summed E-state index contributed by atoms with van der Waals surface area (Å²) in [5.41, 5.74) is -1.03. The molecule has 2 fully saturated rings. The highest BCUT2D eigenvalue weighted by molar-refractivity contribution is 7.89. The molecule has 7 nitrogen and oxygen atoms in total. The average molecular weight is 320 g/mol. The van der Waals surface area contributed by atoms with Gasteiger partial charge in [0.25, 0.3) is 0 Å². The summed E-state index contributed by atoms with van der Waals surface area (Å²) < 4.78 is 30.7. The molecule has 0 aromatic carbocycles. The highest BCUT2D eigenvalue weighted by Gasteiger charge is 2.39. The van der Waals surface area contributed by atoms with Crippen LogP contribution in [0.3, 0.4) is 0 Å². The molecular formula is C13H24N2O5S. The van der Waals surface area contributed by atoms with Crippen LogP contribution in [0.1, 0.15) is 32.6 Å². The molecule has 0 spiro atoms. The van der Waals surface area contributed by atoms with Gasteiger partial charge in [0.2, 0.25) is 15.9 Å². The van der Waals surface area contributed by atoms with E-state index in [-0.39, 0.29) is 24.8 Å². The van der Waals surface area contributed by atoms with Crippen LogP contribution in [0.25, 0.3) is 0 Å². The van der Waals surface area contributed by atoms with Crippen molar-refractivity contribution in [3.63, 3.8) is 0 Å². The van der Waals surface area contributed by atoms with Crippen molar-refractivity contribution in [2.24, 2.45) is 0 Å². The number of carbonyl (C=O) groups excluding carboxylic acids is 1. The van der Waals surface area contributed by atoms with Gasteiger partial charge in [-0.3, -0.25) is 4.79 Å². The fraction of sp³-hybridized carbons (Fsp3) is 0.923. The van der Waals surface area contributed by atoms with Crippen LogP contribution in [0, 0.1) is 0 Å². The minimum Gasteiger partial charge on any atom is -0.386 e. The molecule has 0 aromatic rings. The van der Waals surface area contributed by atoms with E-state index in [1.165, 1.54) is 4.31 Å². The Morgan fingerprint density at radius 2 is 2.29 bits per heavy atom. The SMILES string of the molecule is CCCS(=O)(=O)N1CCCC1C(=O)NCC1(O)CCOC1. The van der Waals surface area contributed by atoms with Crippen LogP contribution in [0.5, 0.6) is 0 Å². The molecule has 8 heteroatoms. The van der Waals surface area contributed by atoms with Crippen molar-refractivity contribution >= 4 is 15.9 Å². The molecule has 21 heavy (non-hydrogen) atoms. The first-order valence-electron chi connectivity index (χ1n) is 7.45. The maximum Gasteiger partial charge on any atom is 0.238 e. The Balaban J connectivity index is 1.94. The molecule has 0 aliphatic carbocycles. The lowest BCUT2D eigenvalue weighted by Gasteiger charge is -2.26. The van der Waals surface area contributed by atoms with Gasteiger partial charge < -0.3 is 15.2 Å². The number of carbonyl (C=O) groups is 1. The minimum atomic E-state index is -3.37. The molecule has 2 saturated heterocycles. The third-order valence-electron chi connectivity index (χ3n) is 4.00. The van der Waals surface area contributed by atoms with E-state index in [9.17, 15) is 18.3 Å². The lowest BCUT2D eigenvalue weighted by atomic mass is 10.0. The lowest BCUT2D eigenvalue weighted by molar-refractivity contribution is -0.125. The van der Waals surface area contributed by atoms with E-state index in [0.717, 1.165) is 0 Å². The Morgan fingerprint density at radius 1 is 1.52 bits per heavy atom. The zero-order chi connectivity index (χ0) is 15.5. The number of sulfonamides is 1. The molecule has 2 aliphatic rings. The van der Waals surface area contributed by atoms with Gasteiger partial charge in [-0.1, -0.05) is 6.92 Å². The predicted molar refractivity (Wildman–Crippen MR) is 77.2 cm³/mol. The van der Waals surface area contributed by atoms with Gasteiger partial charge in [-0.15, -0.1) is 0 Å². The third-order valence-corrected chi connectivity index (χ3v) is 6.08. The first-order valence-corrected chi connectivity index (χ1v) is 9.06. The number of hydrogen-bond acceptors (Lipinski definition) is 5. The Bertz CT molecular complexity index is 473. The van der Waals surface area contributed by atoms with Crippen molar-refractivity contribution < 1.29 is 23.1 Å². The van der Waals surface area contributed by atoms with Gasteiger partial charge >= 0.3 is 0 Å². The molecule has 122 valence electrons. The van der Waals surface area contributed by atoms with E-state index in [1.807, 2.05) is 0 Å². The zero-order valence-electron chi connectivity index (χ0n) is 12.4. The average Bonchev–Trinajstić information content (AvgIpc) is 3.05. The summed E-state index contributed by atoms with van der Waals surface area (Å²) >= 11 is 0. The topological polar surface area (TPSA) is 95.9 Å². The van der Waals surface area contributed by atoms with Gasteiger partial charge in [-0.2, -0.15) is 4.31 Å². The fourth-order valence-corrected chi connectivity index (χ4v) is 4.56. The second-order valence-corrected chi connectivity index (χ2v) is 7.87. The molecule has 1 amide bonds. The predicted octanol–water partition coefficient (Wildman–Crippen LogP) is -0.542. The summed E-state index contributed by atoms with van der Waals surface area (Å²) in [5, 5.41) is 12.8. The minimum absolute atomic E-state index is 0.0640. The molecule has 0 bridgehead atoms. The highest BCUT2D eigenvalue weighted by Crippen LogP contribution is 2.23. The summed E-state index contributed by atoms with van der Waals surface area (Å²) in [6.07, 6.45) is 2.23. The van der Waals surface area contributed by atoms with Crippen LogP contribution in [-0.4, -0.2) is 67.4 Å². The molecule has 2 unspecified atom stereocenters. The van der Waals surface area contributed by atoms with Crippen LogP contribution in [0.15, 0.2) is 0 Å². The van der Waals surface area contributed by atoms with Gasteiger partial charge in [-0.05, 0) is 19.3 Å². The molecule has 0 radical (unpaired) electrons. The summed E-state index contributed by atoms with van der Waals surface area (Å²) in [6.45, 7) is 2.98. The number of amides is 1. The summed E-state index contributed by atoms with van der Waals surface area (Å²) in [7, 11) is -3.37. The van der Waals surface area contributed by atoms with Crippen molar-refractivity contribution in [2.75, 3.05) is 32.1 Å². The van der Waals surface area contributed by atoms with Crippen LogP contribution in [0.2, 0.25) is 0 Å². The molecular weight excluding hydrogens is 296 g/mol. The quantitative estimate of drug-likeness (QED) is 0.685. The Labute approximate surface area is 125 Å². The van der Waals surface area contributed by atoms with Crippen LogP contribution in [0.4, 0.5) is 0 Å². The third kappa shape index (κ3) is 3.94. The molecule has 2 aliphatic heterocycles. The largest absolute Gasteiger partial charge is 0.386 e. The maximum atomic E-state index is 12.2. The number of nitrogens with one attached hydrogen (secondary N) is 1. The summed E-state index contributed by atoms with van der Waals surface area (Å²) in [6, 6.07) is -0.646.